The highest BCUT2D eigenvalue weighted by atomic mass is 16.5. The largest absolute Gasteiger partial charge is 0.395 e. The van der Waals surface area contributed by atoms with Gasteiger partial charge in [0.15, 0.2) is 28.5 Å². The molecule has 0 aromatic carbocycles. The number of nitrogens with zero attached hydrogens (tertiary/aromatic N) is 14. The van der Waals surface area contributed by atoms with E-state index in [-0.39, 0.29) is 96.3 Å². The Hall–Kier alpha value is -9.56. The molecule has 143 heavy (non-hydrogen) atoms. The number of carbonyl (C=O) groups is 7. The number of amides is 7. The summed E-state index contributed by atoms with van der Waals surface area (Å²) in [7, 11) is 0. The van der Waals surface area contributed by atoms with E-state index in [0.29, 0.717) is 111 Å². The van der Waals surface area contributed by atoms with E-state index in [4.69, 9.17) is 31.7 Å². The number of aliphatic hydroxyl groups excluding tert-OH is 1. The quantitative estimate of drug-likeness (QED) is 0.0216. The van der Waals surface area contributed by atoms with Gasteiger partial charge in [0.05, 0.1) is 18.0 Å². The standard InChI is InChI=1S/2C17H25N3O2.C15H21N3O3.2C15H21N3O2.2C14H21N3O2/c2*1-11-9-20(13-6-7-13)10-15(11)18-17(21)14-8-16(22-19-14)12-4-2-3-5-12;19-8-12-5-10(7-18(12)11-3-4-11)16-15(20)13-6-14(21-17-13)9-1-2-9;2*1-9-7-18(11-4-5-11)8-13(9)16-15(19)14-6-12(17-20-14)10-2-3-10;2*1-3-11-6-12(16-19-11)14(18)15-13-8-17(7-9(13)2)10-4-5-10/h2*8,11-13,15H,2-7,9-10H2,1H3,(H,18,21);6,9-12,19H,1-5,7-8H2,(H,16,20);2*6,9-11,13H,2-5,7-8H2,1H3,(H,16,19);2*6,9-10,13H,3-5,7-8H2,1-2H3,(H,15,18)/t11-,15+;11-,15-;10-,12-;9-,13+;9-,13-;9-,13+;9-,13-/m0010000/s1. The minimum atomic E-state index is -0.162. The summed E-state index contributed by atoms with van der Waals surface area (Å²) in [5.41, 5.74) is 3.94. The molecule has 14 atom stereocenters. The summed E-state index contributed by atoms with van der Waals surface area (Å²) in [6.45, 7) is 30.6. The first-order valence-electron chi connectivity index (χ1n) is 55.1. The van der Waals surface area contributed by atoms with Crippen LogP contribution in [0.1, 0.15) is 385 Å². The Bertz CT molecular complexity index is 5160. The van der Waals surface area contributed by atoms with Gasteiger partial charge in [0.1, 0.15) is 28.8 Å². The minimum absolute atomic E-state index is 0.0810. The van der Waals surface area contributed by atoms with Crippen molar-refractivity contribution in [2.45, 2.75) is 375 Å². The molecule has 19 fully saturated rings. The number of hydrogen-bond acceptors (Lipinski definition) is 29. The van der Waals surface area contributed by atoms with Crippen LogP contribution < -0.4 is 37.2 Å². The fraction of sp³-hybridized carbons (Fsp3) is 0.738. The van der Waals surface area contributed by atoms with E-state index in [1.807, 2.05) is 38.1 Å². The van der Waals surface area contributed by atoms with Crippen LogP contribution in [0.15, 0.2) is 74.1 Å². The van der Waals surface area contributed by atoms with Gasteiger partial charge in [-0.15, -0.1) is 0 Å². The van der Waals surface area contributed by atoms with Crippen molar-refractivity contribution in [3.05, 3.63) is 123 Å². The van der Waals surface area contributed by atoms with E-state index >= 15 is 0 Å². The number of aliphatic hydroxyl groups is 1. The fourth-order valence-electron chi connectivity index (χ4n) is 23.0. The highest BCUT2D eigenvalue weighted by Crippen LogP contribution is 2.45. The van der Waals surface area contributed by atoms with Crippen LogP contribution >= 0.6 is 0 Å². The first-order valence-corrected chi connectivity index (χ1v) is 55.1. The zero-order valence-corrected chi connectivity index (χ0v) is 85.3. The lowest BCUT2D eigenvalue weighted by molar-refractivity contribution is 0.0886. The fourth-order valence-corrected chi connectivity index (χ4v) is 23.0. The molecule has 0 unspecified atom stereocenters. The van der Waals surface area contributed by atoms with Gasteiger partial charge in [0, 0.05) is 261 Å². The van der Waals surface area contributed by atoms with Crippen molar-refractivity contribution in [3.63, 3.8) is 0 Å². The lowest BCUT2D eigenvalue weighted by atomic mass is 10.0. The third-order valence-corrected chi connectivity index (χ3v) is 33.7. The smallest absolute Gasteiger partial charge is 0.290 e. The van der Waals surface area contributed by atoms with Crippen LogP contribution in [-0.2, 0) is 12.8 Å². The molecule has 7 aromatic rings. The van der Waals surface area contributed by atoms with Crippen LogP contribution in [0, 0.1) is 35.5 Å². The van der Waals surface area contributed by atoms with E-state index < -0.39 is 0 Å². The van der Waals surface area contributed by atoms with Gasteiger partial charge in [-0.05, 0) is 196 Å². The zero-order chi connectivity index (χ0) is 98.8. The second-order valence-corrected chi connectivity index (χ2v) is 46.0. The highest BCUT2D eigenvalue weighted by molar-refractivity contribution is 5.95. The van der Waals surface area contributed by atoms with Crippen molar-refractivity contribution in [1.29, 1.82) is 0 Å². The molecule has 12 aliphatic carbocycles. The molecule has 7 aliphatic heterocycles. The van der Waals surface area contributed by atoms with Gasteiger partial charge < -0.3 is 74.0 Å². The Balaban J connectivity index is 0.000000102. The number of likely N-dealkylation sites (tertiary alicyclic amines) is 7. The topological polar surface area (TPSA) is 429 Å². The zero-order valence-electron chi connectivity index (χ0n) is 85.3. The summed E-state index contributed by atoms with van der Waals surface area (Å²) in [4.78, 5) is 103. The Kier molecular flexibility index (Phi) is 31.7. The van der Waals surface area contributed by atoms with Crippen LogP contribution in [-0.4, -0.2) is 299 Å². The predicted octanol–water partition coefficient (Wildman–Crippen LogP) is 12.4. The predicted molar refractivity (Wildman–Crippen MR) is 529 cm³/mol. The molecule has 14 heterocycles. The van der Waals surface area contributed by atoms with Gasteiger partial charge in [0.2, 0.25) is 11.5 Å². The van der Waals surface area contributed by atoms with Crippen LogP contribution in [0.5, 0.6) is 0 Å². The number of carbonyl (C=O) groups excluding carboxylic acids is 7. The second-order valence-electron chi connectivity index (χ2n) is 46.0. The number of aryl methyl sites for hydroxylation is 2. The Morgan fingerprint density at radius 2 is 0.545 bits per heavy atom. The van der Waals surface area contributed by atoms with Crippen molar-refractivity contribution < 1.29 is 70.3 Å². The highest BCUT2D eigenvalue weighted by Gasteiger charge is 2.48. The monoisotopic (exact) mass is 1970 g/mol. The summed E-state index contributed by atoms with van der Waals surface area (Å²) in [6, 6.07) is 19.4. The first-order chi connectivity index (χ1) is 69.4. The Morgan fingerprint density at radius 1 is 0.287 bits per heavy atom. The summed E-state index contributed by atoms with van der Waals surface area (Å²) >= 11 is 0. The number of aromatic nitrogens is 7. The average molecular weight is 1980 g/mol. The number of rotatable bonds is 29. The van der Waals surface area contributed by atoms with E-state index in [1.165, 1.54) is 141 Å². The molecule has 36 heteroatoms. The maximum atomic E-state index is 12.4. The SMILES string of the molecule is CCc1cc(C(=O)N[C@@H]2CN(C3CC3)C[C@@H]2C)no1.CCc1cc(C(=O)N[C@H]2CN(C3CC3)C[C@@H]2C)no1.C[C@H]1CN(C2CC2)C[C@@H]1NC(=O)c1cc(C2CC2)no1.C[C@H]1CN(C2CC2)C[C@@H]1NC(=O)c1cc(C2CCCC2)on1.C[C@H]1CN(C2CC2)C[C@H]1NC(=O)c1cc(C2CC2)no1.C[C@H]1CN(C2CC2)C[C@H]1NC(=O)c1cc(C2CCCC2)on1.O=C(N[C@@H]1C[C@H](CO)N(C2CC2)C1)c1cc(C2CC2)on1. The number of nitrogens with one attached hydrogen (secondary N) is 7. The van der Waals surface area contributed by atoms with Crippen LogP contribution in [0.2, 0.25) is 0 Å². The third-order valence-electron chi connectivity index (χ3n) is 33.7. The van der Waals surface area contributed by atoms with E-state index in [9.17, 15) is 38.7 Å². The molecular weight excluding hydrogens is 1820 g/mol. The maximum Gasteiger partial charge on any atom is 0.290 e. The van der Waals surface area contributed by atoms with Gasteiger partial charge in [-0.2, -0.15) is 0 Å². The summed E-state index contributed by atoms with van der Waals surface area (Å²) < 4.78 is 36.6. The van der Waals surface area contributed by atoms with Crippen molar-refractivity contribution in [1.82, 2.24) is 108 Å². The Morgan fingerprint density at radius 3 is 0.804 bits per heavy atom. The molecular formula is C107H155N21O15. The molecule has 12 saturated carbocycles. The molecule has 8 N–H and O–H groups in total. The second kappa shape index (κ2) is 45.0. The average Bonchev–Trinajstić information content (AvgIpc) is 1.68. The van der Waals surface area contributed by atoms with Gasteiger partial charge in [-0.25, -0.2) is 0 Å². The molecule has 19 aliphatic rings. The van der Waals surface area contributed by atoms with Crippen LogP contribution in [0.25, 0.3) is 0 Å². The molecule has 26 rings (SSSR count). The molecule has 36 nitrogen and oxygen atoms in total. The summed E-state index contributed by atoms with van der Waals surface area (Å²) in [5.74, 6) is 9.54. The maximum absolute atomic E-state index is 12.4. The molecule has 0 spiro atoms. The molecule has 7 aromatic heterocycles. The van der Waals surface area contributed by atoms with Crippen molar-refractivity contribution in [3.8, 4) is 0 Å². The molecule has 0 bridgehead atoms. The summed E-state index contributed by atoms with van der Waals surface area (Å²) in [6.07, 6.45) is 37.2. The molecule has 7 amide bonds. The Labute approximate surface area is 839 Å². The molecule has 7 saturated heterocycles. The van der Waals surface area contributed by atoms with Gasteiger partial charge >= 0.3 is 0 Å². The van der Waals surface area contributed by atoms with E-state index in [0.717, 1.165) is 219 Å². The third kappa shape index (κ3) is 26.5. The van der Waals surface area contributed by atoms with E-state index in [2.05, 4.69) is 149 Å². The number of hydrogen-bond donors (Lipinski definition) is 8. The normalized spacial score (nSPS) is 29.5. The molecule has 778 valence electrons. The lowest BCUT2D eigenvalue weighted by Gasteiger charge is -2.21. The van der Waals surface area contributed by atoms with Crippen molar-refractivity contribution in [2.75, 3.05) is 91.7 Å². The van der Waals surface area contributed by atoms with Crippen molar-refractivity contribution >= 4 is 41.4 Å². The summed E-state index contributed by atoms with van der Waals surface area (Å²) in [5, 5.41) is 58.7. The van der Waals surface area contributed by atoms with Crippen molar-refractivity contribution in [2.24, 2.45) is 35.5 Å². The lowest BCUT2D eigenvalue weighted by Crippen LogP contribution is -2.40. The van der Waals surface area contributed by atoms with Gasteiger partial charge in [-0.3, -0.25) is 67.9 Å². The molecule has 0 radical (unpaired) electrons. The first kappa shape index (κ1) is 101. The van der Waals surface area contributed by atoms with E-state index in [1.54, 1.807) is 18.2 Å². The van der Waals surface area contributed by atoms with Gasteiger partial charge in [0.25, 0.3) is 41.4 Å². The minimum Gasteiger partial charge on any atom is -0.395 e. The van der Waals surface area contributed by atoms with Crippen LogP contribution in [0.4, 0.5) is 0 Å². The van der Waals surface area contributed by atoms with Crippen LogP contribution in [0.3, 0.4) is 0 Å². The van der Waals surface area contributed by atoms with Gasteiger partial charge in [-0.1, -0.05) is 117 Å².